The van der Waals surface area contributed by atoms with Gasteiger partial charge in [-0.3, -0.25) is 18.6 Å². The number of carbonyl (C=O) groups excluding carboxylic acids is 1. The highest BCUT2D eigenvalue weighted by Gasteiger charge is 2.18. The van der Waals surface area contributed by atoms with E-state index in [9.17, 15) is 9.59 Å². The van der Waals surface area contributed by atoms with Crippen LogP contribution in [0.25, 0.3) is 16.7 Å². The van der Waals surface area contributed by atoms with Crippen LogP contribution in [-0.2, 0) is 17.9 Å². The van der Waals surface area contributed by atoms with Gasteiger partial charge in [0.05, 0.1) is 16.7 Å². The number of aromatic nitrogens is 4. The Bertz CT molecular complexity index is 1400. The Balaban J connectivity index is 1.34. The molecule has 10 heteroatoms. The van der Waals surface area contributed by atoms with Crippen LogP contribution in [0.15, 0.2) is 52.4 Å². The van der Waals surface area contributed by atoms with E-state index in [2.05, 4.69) is 22.4 Å². The maximum atomic E-state index is 13.0. The number of benzene rings is 2. The minimum Gasteiger partial charge on any atom is -0.454 e. The first kappa shape index (κ1) is 21.3. The fraction of sp³-hybridized carbons (Fsp3) is 0.304. The van der Waals surface area contributed by atoms with E-state index in [-0.39, 0.29) is 24.0 Å². The molecule has 5 rings (SSSR count). The molecule has 0 unspecified atom stereocenters. The number of amides is 1. The molecule has 0 fully saturated rings. The van der Waals surface area contributed by atoms with Crippen LogP contribution in [-0.4, -0.2) is 37.6 Å². The van der Waals surface area contributed by atoms with Crippen molar-refractivity contribution in [3.05, 3.63) is 58.4 Å². The van der Waals surface area contributed by atoms with Gasteiger partial charge in [0.1, 0.15) is 0 Å². The first-order valence-corrected chi connectivity index (χ1v) is 11.8. The maximum absolute atomic E-state index is 13.0. The minimum atomic E-state index is -0.127. The van der Waals surface area contributed by atoms with Crippen molar-refractivity contribution in [2.45, 2.75) is 38.0 Å². The van der Waals surface area contributed by atoms with Gasteiger partial charge < -0.3 is 14.8 Å². The number of ether oxygens (including phenoxy) is 2. The zero-order valence-electron chi connectivity index (χ0n) is 18.1. The van der Waals surface area contributed by atoms with Gasteiger partial charge in [0, 0.05) is 13.1 Å². The van der Waals surface area contributed by atoms with Crippen LogP contribution < -0.4 is 20.3 Å². The molecule has 2 aromatic heterocycles. The highest BCUT2D eigenvalue weighted by Crippen LogP contribution is 2.32. The largest absolute Gasteiger partial charge is 0.454 e. The van der Waals surface area contributed by atoms with E-state index in [0.29, 0.717) is 40.9 Å². The number of aryl methyl sites for hydroxylation is 1. The van der Waals surface area contributed by atoms with E-state index in [1.54, 1.807) is 4.57 Å². The summed E-state index contributed by atoms with van der Waals surface area (Å²) in [5, 5.41) is 12.7. The van der Waals surface area contributed by atoms with Gasteiger partial charge >= 0.3 is 0 Å². The molecule has 2 aromatic carbocycles. The standard InChI is InChI=1S/C23H23N5O4S/c1-2-3-10-27-21(30)16-6-4-5-7-17(16)28-22(27)25-26-23(28)33-13-20(29)24-12-15-8-9-18-19(11-15)32-14-31-18/h4-9,11H,2-3,10,12-14H2,1H3,(H,24,29). The Labute approximate surface area is 193 Å². The number of nitrogens with one attached hydrogen (secondary N) is 1. The van der Waals surface area contributed by atoms with Gasteiger partial charge in [0.15, 0.2) is 16.7 Å². The van der Waals surface area contributed by atoms with E-state index in [1.165, 1.54) is 11.8 Å². The summed E-state index contributed by atoms with van der Waals surface area (Å²) in [5.74, 6) is 1.94. The van der Waals surface area contributed by atoms with Crippen molar-refractivity contribution in [1.82, 2.24) is 24.5 Å². The van der Waals surface area contributed by atoms with Crippen LogP contribution in [0.1, 0.15) is 25.3 Å². The topological polar surface area (TPSA) is 99.8 Å². The van der Waals surface area contributed by atoms with Gasteiger partial charge in [-0.25, -0.2) is 0 Å². The van der Waals surface area contributed by atoms with Crippen molar-refractivity contribution < 1.29 is 14.3 Å². The average Bonchev–Trinajstić information content (AvgIpc) is 3.48. The van der Waals surface area contributed by atoms with Crippen molar-refractivity contribution in [3.63, 3.8) is 0 Å². The molecule has 0 saturated heterocycles. The van der Waals surface area contributed by atoms with Crippen molar-refractivity contribution >= 4 is 34.3 Å². The molecule has 9 nitrogen and oxygen atoms in total. The Morgan fingerprint density at radius 2 is 2.00 bits per heavy atom. The van der Waals surface area contributed by atoms with Crippen molar-refractivity contribution in [3.8, 4) is 11.5 Å². The number of thioether (sulfide) groups is 1. The van der Waals surface area contributed by atoms with Crippen molar-refractivity contribution in [2.75, 3.05) is 12.5 Å². The van der Waals surface area contributed by atoms with E-state index in [0.717, 1.165) is 23.9 Å². The molecule has 1 aliphatic rings. The van der Waals surface area contributed by atoms with Gasteiger partial charge in [0.2, 0.25) is 18.5 Å². The van der Waals surface area contributed by atoms with Crippen LogP contribution >= 0.6 is 11.8 Å². The van der Waals surface area contributed by atoms with Crippen LogP contribution in [0.3, 0.4) is 0 Å². The predicted octanol–water partition coefficient (Wildman–Crippen LogP) is 2.98. The molecule has 1 N–H and O–H groups in total. The highest BCUT2D eigenvalue weighted by atomic mass is 32.2. The number of nitrogens with zero attached hydrogens (tertiary/aromatic N) is 4. The summed E-state index contributed by atoms with van der Waals surface area (Å²) in [4.78, 5) is 25.5. The molecule has 1 amide bonds. The van der Waals surface area contributed by atoms with E-state index < -0.39 is 0 Å². The zero-order chi connectivity index (χ0) is 22.8. The second kappa shape index (κ2) is 9.14. The van der Waals surface area contributed by atoms with Gasteiger partial charge in [-0.15, -0.1) is 10.2 Å². The Morgan fingerprint density at radius 3 is 2.88 bits per heavy atom. The molecule has 4 aromatic rings. The number of hydrogen-bond acceptors (Lipinski definition) is 7. The summed E-state index contributed by atoms with van der Waals surface area (Å²) in [6, 6.07) is 13.0. The number of carbonyl (C=O) groups is 1. The van der Waals surface area contributed by atoms with Crippen LogP contribution in [0.4, 0.5) is 0 Å². The molecular weight excluding hydrogens is 442 g/mol. The average molecular weight is 466 g/mol. The van der Waals surface area contributed by atoms with E-state index >= 15 is 0 Å². The van der Waals surface area contributed by atoms with Gasteiger partial charge in [-0.2, -0.15) is 0 Å². The van der Waals surface area contributed by atoms with Gasteiger partial charge in [0.25, 0.3) is 5.56 Å². The van der Waals surface area contributed by atoms with Crippen LogP contribution in [0.2, 0.25) is 0 Å². The van der Waals surface area contributed by atoms with E-state index in [1.807, 2.05) is 46.9 Å². The molecule has 33 heavy (non-hydrogen) atoms. The third-order valence-corrected chi connectivity index (χ3v) is 6.40. The monoisotopic (exact) mass is 465 g/mol. The normalized spacial score (nSPS) is 12.5. The van der Waals surface area contributed by atoms with Gasteiger partial charge in [-0.05, 0) is 36.2 Å². The molecule has 3 heterocycles. The van der Waals surface area contributed by atoms with Crippen LogP contribution in [0.5, 0.6) is 11.5 Å². The lowest BCUT2D eigenvalue weighted by Gasteiger charge is -2.11. The molecular formula is C23H23N5O4S. The smallest absolute Gasteiger partial charge is 0.262 e. The summed E-state index contributed by atoms with van der Waals surface area (Å²) in [7, 11) is 0. The molecule has 0 aliphatic carbocycles. The Kier molecular flexibility index (Phi) is 5.91. The zero-order valence-corrected chi connectivity index (χ0v) is 18.9. The maximum Gasteiger partial charge on any atom is 0.262 e. The fourth-order valence-electron chi connectivity index (χ4n) is 3.78. The summed E-state index contributed by atoms with van der Waals surface area (Å²) in [6.45, 7) is 3.25. The van der Waals surface area contributed by atoms with Crippen molar-refractivity contribution in [1.29, 1.82) is 0 Å². The van der Waals surface area contributed by atoms with Gasteiger partial charge in [-0.1, -0.05) is 43.3 Å². The lowest BCUT2D eigenvalue weighted by molar-refractivity contribution is -0.118. The first-order valence-electron chi connectivity index (χ1n) is 10.8. The third-order valence-electron chi connectivity index (χ3n) is 5.47. The molecule has 0 radical (unpaired) electrons. The first-order chi connectivity index (χ1) is 16.2. The Morgan fingerprint density at radius 1 is 1.15 bits per heavy atom. The van der Waals surface area contributed by atoms with Crippen LogP contribution in [0, 0.1) is 0 Å². The number of fused-ring (bicyclic) bond motifs is 4. The fourth-order valence-corrected chi connectivity index (χ4v) is 4.55. The molecule has 0 spiro atoms. The minimum absolute atomic E-state index is 0.0723. The molecule has 1 aliphatic heterocycles. The highest BCUT2D eigenvalue weighted by molar-refractivity contribution is 7.99. The van der Waals surface area contributed by atoms with E-state index in [4.69, 9.17) is 9.47 Å². The number of rotatable bonds is 8. The SMILES string of the molecule is CCCCn1c(=O)c2ccccc2n2c(SCC(=O)NCc3ccc4c(c3)OCO4)nnc12. The summed E-state index contributed by atoms with van der Waals surface area (Å²) >= 11 is 1.29. The number of unbranched alkanes of at least 4 members (excludes halogenated alkanes) is 1. The lowest BCUT2D eigenvalue weighted by atomic mass is 10.2. The summed E-state index contributed by atoms with van der Waals surface area (Å²) in [6.07, 6.45) is 1.83. The summed E-state index contributed by atoms with van der Waals surface area (Å²) in [5.41, 5.74) is 1.59. The number of hydrogen-bond donors (Lipinski definition) is 1. The quantitative estimate of drug-likeness (QED) is 0.399. The third kappa shape index (κ3) is 4.13. The second-order valence-electron chi connectivity index (χ2n) is 7.70. The summed E-state index contributed by atoms with van der Waals surface area (Å²) < 4.78 is 14.2. The molecule has 0 saturated carbocycles. The molecule has 170 valence electrons. The lowest BCUT2D eigenvalue weighted by Crippen LogP contribution is -2.25. The number of para-hydroxylation sites is 1. The predicted molar refractivity (Wildman–Crippen MR) is 125 cm³/mol. The molecule has 0 atom stereocenters. The Hall–Kier alpha value is -3.53. The van der Waals surface area contributed by atoms with Crippen molar-refractivity contribution in [2.24, 2.45) is 0 Å². The molecule has 0 bridgehead atoms. The second-order valence-corrected chi connectivity index (χ2v) is 8.64.